The molecule has 3 N–H and O–H groups in total. The number of rotatable bonds is 2. The van der Waals surface area contributed by atoms with E-state index < -0.39 is 0 Å². The Labute approximate surface area is 101 Å². The topological polar surface area (TPSA) is 63.4 Å². The summed E-state index contributed by atoms with van der Waals surface area (Å²) < 4.78 is 5.58. The van der Waals surface area contributed by atoms with Crippen LogP contribution in [-0.2, 0) is 4.74 Å². The van der Waals surface area contributed by atoms with Gasteiger partial charge in [-0.05, 0) is 19.2 Å². The molecule has 3 heterocycles. The van der Waals surface area contributed by atoms with Crippen molar-refractivity contribution < 1.29 is 4.74 Å². The summed E-state index contributed by atoms with van der Waals surface area (Å²) in [6.45, 7) is 3.64. The molecule has 2 aliphatic rings. The summed E-state index contributed by atoms with van der Waals surface area (Å²) in [5, 5.41) is 3.44. The summed E-state index contributed by atoms with van der Waals surface area (Å²) in [5.41, 5.74) is 6.86. The number of anilines is 2. The van der Waals surface area contributed by atoms with Crippen LogP contribution in [0.15, 0.2) is 18.3 Å². The Balaban J connectivity index is 1.82. The van der Waals surface area contributed by atoms with E-state index in [1.54, 1.807) is 0 Å². The van der Waals surface area contributed by atoms with E-state index in [0.717, 1.165) is 32.0 Å². The molecule has 0 radical (unpaired) electrons. The Morgan fingerprint density at radius 2 is 2.47 bits per heavy atom. The van der Waals surface area contributed by atoms with E-state index in [9.17, 15) is 0 Å². The molecule has 3 rings (SSSR count). The highest BCUT2D eigenvalue weighted by atomic mass is 16.5. The summed E-state index contributed by atoms with van der Waals surface area (Å²) >= 11 is 0. The van der Waals surface area contributed by atoms with Crippen LogP contribution in [0.2, 0.25) is 0 Å². The number of nitrogens with one attached hydrogen (secondary N) is 1. The van der Waals surface area contributed by atoms with Gasteiger partial charge in [0.2, 0.25) is 0 Å². The molecule has 2 fully saturated rings. The van der Waals surface area contributed by atoms with E-state index in [4.69, 9.17) is 10.5 Å². The summed E-state index contributed by atoms with van der Waals surface area (Å²) in [6, 6.07) is 3.89. The van der Waals surface area contributed by atoms with E-state index in [1.807, 2.05) is 25.4 Å². The van der Waals surface area contributed by atoms with Crippen molar-refractivity contribution in [1.82, 2.24) is 10.3 Å². The molecule has 2 saturated heterocycles. The molecule has 0 unspecified atom stereocenters. The van der Waals surface area contributed by atoms with E-state index in [0.29, 0.717) is 11.7 Å². The molecule has 17 heavy (non-hydrogen) atoms. The van der Waals surface area contributed by atoms with Crippen LogP contribution in [0.1, 0.15) is 0 Å². The van der Waals surface area contributed by atoms with Gasteiger partial charge in [0.25, 0.3) is 0 Å². The van der Waals surface area contributed by atoms with Gasteiger partial charge < -0.3 is 20.7 Å². The summed E-state index contributed by atoms with van der Waals surface area (Å²) in [5.74, 6) is 1.13. The van der Waals surface area contributed by atoms with Gasteiger partial charge in [-0.2, -0.15) is 0 Å². The molecular formula is C12H18N4O. The number of fused-ring (bicyclic) bond motifs is 1. The van der Waals surface area contributed by atoms with Gasteiger partial charge in [-0.15, -0.1) is 0 Å². The van der Waals surface area contributed by atoms with E-state index in [1.165, 1.54) is 0 Å². The molecule has 2 atom stereocenters. The summed E-state index contributed by atoms with van der Waals surface area (Å²) in [6.07, 6.45) is 1.85. The van der Waals surface area contributed by atoms with Crippen LogP contribution in [0.4, 0.5) is 11.5 Å². The maximum absolute atomic E-state index is 5.61. The van der Waals surface area contributed by atoms with Crippen LogP contribution in [0, 0.1) is 5.92 Å². The first-order valence-electron chi connectivity index (χ1n) is 5.97. The molecule has 2 aliphatic heterocycles. The number of hydrogen-bond donors (Lipinski definition) is 2. The number of ether oxygens (including phenoxy) is 1. The largest absolute Gasteiger partial charge is 0.384 e. The Kier molecular flexibility index (Phi) is 2.45. The molecule has 1 aromatic heterocycles. The van der Waals surface area contributed by atoms with E-state index in [-0.39, 0.29) is 5.54 Å². The van der Waals surface area contributed by atoms with Crippen molar-refractivity contribution in [3.8, 4) is 0 Å². The SMILES string of the molecule is CN[C@]12COC[C@H]1CN(c1ccc(N)nc1)C2. The number of hydrogen-bond acceptors (Lipinski definition) is 5. The standard InChI is InChI=1S/C12H18N4O/c1-14-12-7-16(5-9(12)6-17-8-12)10-2-3-11(13)15-4-10/h2-4,9,14H,5-8H2,1H3,(H2,13,15)/t9-,12-/m1/s1. The van der Waals surface area contributed by atoms with Gasteiger partial charge >= 0.3 is 0 Å². The quantitative estimate of drug-likeness (QED) is 0.759. The second-order valence-corrected chi connectivity index (χ2v) is 4.94. The first kappa shape index (κ1) is 10.8. The highest BCUT2D eigenvalue weighted by Gasteiger charge is 2.49. The third-order valence-corrected chi connectivity index (χ3v) is 4.01. The maximum Gasteiger partial charge on any atom is 0.123 e. The molecule has 5 nitrogen and oxygen atoms in total. The van der Waals surface area contributed by atoms with Crippen molar-refractivity contribution in [2.24, 2.45) is 5.92 Å². The van der Waals surface area contributed by atoms with Crippen LogP contribution in [0.3, 0.4) is 0 Å². The lowest BCUT2D eigenvalue weighted by molar-refractivity contribution is 0.168. The lowest BCUT2D eigenvalue weighted by Gasteiger charge is -2.26. The summed E-state index contributed by atoms with van der Waals surface area (Å²) in [4.78, 5) is 6.51. The predicted molar refractivity (Wildman–Crippen MR) is 67.0 cm³/mol. The zero-order valence-corrected chi connectivity index (χ0v) is 10.0. The van der Waals surface area contributed by atoms with Gasteiger partial charge in [0.15, 0.2) is 0 Å². The van der Waals surface area contributed by atoms with Crippen LogP contribution >= 0.6 is 0 Å². The number of nitrogen functional groups attached to an aromatic ring is 1. The Morgan fingerprint density at radius 1 is 1.59 bits per heavy atom. The van der Waals surface area contributed by atoms with Crippen molar-refractivity contribution >= 4 is 11.5 Å². The average molecular weight is 234 g/mol. The molecule has 0 bridgehead atoms. The molecule has 0 aliphatic carbocycles. The van der Waals surface area contributed by atoms with E-state index >= 15 is 0 Å². The minimum atomic E-state index is 0.112. The fourth-order valence-corrected chi connectivity index (χ4v) is 2.87. The first-order valence-corrected chi connectivity index (χ1v) is 5.97. The molecule has 1 aromatic rings. The van der Waals surface area contributed by atoms with Crippen molar-refractivity contribution in [2.75, 3.05) is 44.0 Å². The smallest absolute Gasteiger partial charge is 0.123 e. The van der Waals surface area contributed by atoms with Crippen molar-refractivity contribution in [3.05, 3.63) is 18.3 Å². The molecule has 0 aromatic carbocycles. The Morgan fingerprint density at radius 3 is 3.12 bits per heavy atom. The molecule has 0 amide bonds. The van der Waals surface area contributed by atoms with Gasteiger partial charge in [-0.3, -0.25) is 0 Å². The zero-order chi connectivity index (χ0) is 11.9. The second kappa shape index (κ2) is 3.85. The first-order chi connectivity index (χ1) is 8.23. The van der Waals surface area contributed by atoms with Crippen LogP contribution in [0.25, 0.3) is 0 Å². The minimum absolute atomic E-state index is 0.112. The zero-order valence-electron chi connectivity index (χ0n) is 10.0. The highest BCUT2D eigenvalue weighted by Crippen LogP contribution is 2.35. The lowest BCUT2D eigenvalue weighted by Crippen LogP contribution is -2.50. The third-order valence-electron chi connectivity index (χ3n) is 4.01. The molecule has 92 valence electrons. The second-order valence-electron chi connectivity index (χ2n) is 4.94. The van der Waals surface area contributed by atoms with Crippen molar-refractivity contribution in [1.29, 1.82) is 0 Å². The molecule has 0 saturated carbocycles. The predicted octanol–water partition coefficient (Wildman–Crippen LogP) is 0.0884. The third kappa shape index (κ3) is 1.66. The van der Waals surface area contributed by atoms with Crippen LogP contribution < -0.4 is 16.0 Å². The number of likely N-dealkylation sites (N-methyl/N-ethyl adjacent to an activating group) is 1. The van der Waals surface area contributed by atoms with Gasteiger partial charge in [-0.1, -0.05) is 0 Å². The Hall–Kier alpha value is -1.33. The van der Waals surface area contributed by atoms with Gasteiger partial charge in [-0.25, -0.2) is 4.98 Å². The number of nitrogens with zero attached hydrogens (tertiary/aromatic N) is 2. The normalized spacial score (nSPS) is 31.8. The number of pyridine rings is 1. The van der Waals surface area contributed by atoms with Gasteiger partial charge in [0.1, 0.15) is 5.82 Å². The van der Waals surface area contributed by atoms with E-state index in [2.05, 4.69) is 15.2 Å². The fourth-order valence-electron chi connectivity index (χ4n) is 2.87. The maximum atomic E-state index is 5.61. The number of nitrogens with two attached hydrogens (primary N) is 1. The van der Waals surface area contributed by atoms with Crippen LogP contribution in [-0.4, -0.2) is 43.9 Å². The summed E-state index contributed by atoms with van der Waals surface area (Å²) in [7, 11) is 2.02. The average Bonchev–Trinajstić information content (AvgIpc) is 2.86. The van der Waals surface area contributed by atoms with Crippen molar-refractivity contribution in [3.63, 3.8) is 0 Å². The highest BCUT2D eigenvalue weighted by molar-refractivity contribution is 5.50. The van der Waals surface area contributed by atoms with Gasteiger partial charge in [0, 0.05) is 19.0 Å². The monoisotopic (exact) mass is 234 g/mol. The molecular weight excluding hydrogens is 216 g/mol. The molecule has 0 spiro atoms. The molecule has 5 heteroatoms. The fraction of sp³-hybridized carbons (Fsp3) is 0.583. The van der Waals surface area contributed by atoms with Gasteiger partial charge in [0.05, 0.1) is 30.6 Å². The Bertz CT molecular complexity index is 407. The lowest BCUT2D eigenvalue weighted by atomic mass is 9.91. The number of aromatic nitrogens is 1. The van der Waals surface area contributed by atoms with Crippen molar-refractivity contribution in [2.45, 2.75) is 5.54 Å². The minimum Gasteiger partial charge on any atom is -0.384 e. The van der Waals surface area contributed by atoms with Crippen LogP contribution in [0.5, 0.6) is 0 Å².